The van der Waals surface area contributed by atoms with Crippen molar-refractivity contribution in [3.05, 3.63) is 29.8 Å². The van der Waals surface area contributed by atoms with Crippen molar-refractivity contribution in [1.82, 2.24) is 0 Å². The van der Waals surface area contributed by atoms with E-state index in [0.29, 0.717) is 12.1 Å². The van der Waals surface area contributed by atoms with Gasteiger partial charge < -0.3 is 10.8 Å². The molecule has 1 aliphatic rings. The van der Waals surface area contributed by atoms with Crippen LogP contribution >= 0.6 is 0 Å². The fourth-order valence-electron chi connectivity index (χ4n) is 2.53. The van der Waals surface area contributed by atoms with Gasteiger partial charge in [-0.05, 0) is 25.0 Å². The number of Topliss-reactive ketones (excluding diaryl/α,β-unsaturated/α-hetero) is 1. The average Bonchev–Trinajstić information content (AvgIpc) is 2.78. The molecule has 3 N–H and O–H groups in total. The van der Waals surface area contributed by atoms with Crippen LogP contribution < -0.4 is 5.73 Å². The SMILES string of the molecule is NCC1(C(=O)c2cccc(O)c2)CCCC1. The lowest BCUT2D eigenvalue weighted by atomic mass is 9.79. The van der Waals surface area contributed by atoms with E-state index in [1.54, 1.807) is 18.2 Å². The number of carbonyl (C=O) groups is 1. The summed E-state index contributed by atoms with van der Waals surface area (Å²) in [5, 5.41) is 9.38. The first-order chi connectivity index (χ1) is 7.68. The third-order valence-electron chi connectivity index (χ3n) is 3.54. The largest absolute Gasteiger partial charge is 0.508 e. The highest BCUT2D eigenvalue weighted by molar-refractivity contribution is 6.01. The minimum atomic E-state index is -0.381. The summed E-state index contributed by atoms with van der Waals surface area (Å²) >= 11 is 0. The summed E-state index contributed by atoms with van der Waals surface area (Å²) in [7, 11) is 0. The standard InChI is InChI=1S/C13H17NO2/c14-9-13(6-1-2-7-13)12(16)10-4-3-5-11(15)8-10/h3-5,8,15H,1-2,6-7,9,14H2. The van der Waals surface area contributed by atoms with Gasteiger partial charge in [0.15, 0.2) is 5.78 Å². The van der Waals surface area contributed by atoms with Gasteiger partial charge in [0.05, 0.1) is 0 Å². The smallest absolute Gasteiger partial charge is 0.170 e. The Hall–Kier alpha value is -1.35. The first kappa shape index (κ1) is 11.1. The second-order valence-electron chi connectivity index (χ2n) is 4.57. The third-order valence-corrected chi connectivity index (χ3v) is 3.54. The fraction of sp³-hybridized carbons (Fsp3) is 0.462. The van der Waals surface area contributed by atoms with E-state index in [-0.39, 0.29) is 16.9 Å². The molecule has 1 aliphatic carbocycles. The zero-order chi connectivity index (χ0) is 11.6. The summed E-state index contributed by atoms with van der Waals surface area (Å²) in [6.07, 6.45) is 3.89. The Morgan fingerprint density at radius 2 is 2.06 bits per heavy atom. The Kier molecular flexibility index (Phi) is 2.97. The topological polar surface area (TPSA) is 63.3 Å². The quantitative estimate of drug-likeness (QED) is 0.765. The number of aromatic hydroxyl groups is 1. The summed E-state index contributed by atoms with van der Waals surface area (Å²) in [6.45, 7) is 0.404. The molecule has 0 radical (unpaired) electrons. The first-order valence-electron chi connectivity index (χ1n) is 5.72. The van der Waals surface area contributed by atoms with Crippen molar-refractivity contribution >= 4 is 5.78 Å². The van der Waals surface area contributed by atoms with Gasteiger partial charge >= 0.3 is 0 Å². The minimum absolute atomic E-state index is 0.0865. The van der Waals surface area contributed by atoms with Crippen LogP contribution in [0.2, 0.25) is 0 Å². The van der Waals surface area contributed by atoms with Crippen LogP contribution in [0.4, 0.5) is 0 Å². The molecule has 0 saturated heterocycles. The second-order valence-corrected chi connectivity index (χ2v) is 4.57. The predicted octanol–water partition coefficient (Wildman–Crippen LogP) is 2.09. The number of benzene rings is 1. The highest BCUT2D eigenvalue weighted by Crippen LogP contribution is 2.40. The van der Waals surface area contributed by atoms with Crippen molar-refractivity contribution < 1.29 is 9.90 Å². The zero-order valence-electron chi connectivity index (χ0n) is 9.28. The lowest BCUT2D eigenvalue weighted by Crippen LogP contribution is -2.36. The van der Waals surface area contributed by atoms with Gasteiger partial charge in [-0.15, -0.1) is 0 Å². The van der Waals surface area contributed by atoms with Crippen LogP contribution in [0.3, 0.4) is 0 Å². The van der Waals surface area contributed by atoms with Crippen molar-refractivity contribution in [3.63, 3.8) is 0 Å². The minimum Gasteiger partial charge on any atom is -0.508 e. The van der Waals surface area contributed by atoms with Gasteiger partial charge in [-0.1, -0.05) is 25.0 Å². The number of hydrogen-bond donors (Lipinski definition) is 2. The van der Waals surface area contributed by atoms with Gasteiger partial charge in [-0.25, -0.2) is 0 Å². The second kappa shape index (κ2) is 4.26. The van der Waals surface area contributed by atoms with Crippen LogP contribution in [0.5, 0.6) is 5.75 Å². The number of nitrogens with two attached hydrogens (primary N) is 1. The van der Waals surface area contributed by atoms with Crippen LogP contribution in [0, 0.1) is 5.41 Å². The Bertz CT molecular complexity index is 395. The van der Waals surface area contributed by atoms with Crippen LogP contribution in [0.1, 0.15) is 36.0 Å². The van der Waals surface area contributed by atoms with Crippen molar-refractivity contribution in [1.29, 1.82) is 0 Å². The van der Waals surface area contributed by atoms with E-state index in [1.165, 1.54) is 6.07 Å². The molecule has 16 heavy (non-hydrogen) atoms. The third kappa shape index (κ3) is 1.83. The van der Waals surface area contributed by atoms with E-state index in [9.17, 15) is 9.90 Å². The van der Waals surface area contributed by atoms with E-state index in [0.717, 1.165) is 25.7 Å². The molecule has 3 heteroatoms. The monoisotopic (exact) mass is 219 g/mol. The Morgan fingerprint density at radius 3 is 2.62 bits per heavy atom. The van der Waals surface area contributed by atoms with Gasteiger partial charge in [-0.3, -0.25) is 4.79 Å². The predicted molar refractivity (Wildman–Crippen MR) is 62.4 cm³/mol. The normalized spacial score (nSPS) is 18.6. The number of hydrogen-bond acceptors (Lipinski definition) is 3. The fourth-order valence-corrected chi connectivity index (χ4v) is 2.53. The van der Waals surface area contributed by atoms with Crippen molar-refractivity contribution in [2.75, 3.05) is 6.54 Å². The maximum atomic E-state index is 12.4. The highest BCUT2D eigenvalue weighted by Gasteiger charge is 2.40. The molecule has 3 nitrogen and oxygen atoms in total. The molecule has 1 saturated carbocycles. The van der Waals surface area contributed by atoms with E-state index >= 15 is 0 Å². The molecule has 0 spiro atoms. The molecule has 0 unspecified atom stereocenters. The summed E-state index contributed by atoms with van der Waals surface area (Å²) in [5.74, 6) is 0.222. The number of phenolic OH excluding ortho intramolecular Hbond substituents is 1. The van der Waals surface area contributed by atoms with E-state index < -0.39 is 0 Å². The van der Waals surface area contributed by atoms with Crippen LogP contribution in [0.15, 0.2) is 24.3 Å². The summed E-state index contributed by atoms with van der Waals surface area (Å²) in [6, 6.07) is 6.54. The van der Waals surface area contributed by atoms with Crippen LogP contribution in [-0.4, -0.2) is 17.4 Å². The zero-order valence-corrected chi connectivity index (χ0v) is 9.28. The van der Waals surface area contributed by atoms with E-state index in [2.05, 4.69) is 0 Å². The van der Waals surface area contributed by atoms with Gasteiger partial charge in [0.25, 0.3) is 0 Å². The number of rotatable bonds is 3. The molecule has 86 valence electrons. The average molecular weight is 219 g/mol. The van der Waals surface area contributed by atoms with Crippen LogP contribution in [0.25, 0.3) is 0 Å². The lowest BCUT2D eigenvalue weighted by Gasteiger charge is -2.25. The number of phenols is 1. The van der Waals surface area contributed by atoms with Crippen molar-refractivity contribution in [2.24, 2.45) is 11.1 Å². The van der Waals surface area contributed by atoms with E-state index in [1.807, 2.05) is 0 Å². The number of ketones is 1. The Morgan fingerprint density at radius 1 is 1.38 bits per heavy atom. The highest BCUT2D eigenvalue weighted by atomic mass is 16.3. The van der Waals surface area contributed by atoms with Crippen LogP contribution in [-0.2, 0) is 0 Å². The lowest BCUT2D eigenvalue weighted by molar-refractivity contribution is 0.0809. The molecule has 0 aromatic heterocycles. The molecular weight excluding hydrogens is 202 g/mol. The molecular formula is C13H17NO2. The number of carbonyl (C=O) groups excluding carboxylic acids is 1. The maximum Gasteiger partial charge on any atom is 0.170 e. The molecule has 0 aliphatic heterocycles. The van der Waals surface area contributed by atoms with E-state index in [4.69, 9.17) is 5.73 Å². The Balaban J connectivity index is 2.30. The van der Waals surface area contributed by atoms with Gasteiger partial charge in [0, 0.05) is 17.5 Å². The molecule has 1 aromatic rings. The first-order valence-corrected chi connectivity index (χ1v) is 5.72. The molecule has 2 rings (SSSR count). The van der Waals surface area contributed by atoms with Gasteiger partial charge in [0.1, 0.15) is 5.75 Å². The molecule has 0 bridgehead atoms. The van der Waals surface area contributed by atoms with Crippen molar-refractivity contribution in [2.45, 2.75) is 25.7 Å². The molecule has 0 amide bonds. The Labute approximate surface area is 95.3 Å². The van der Waals surface area contributed by atoms with Crippen molar-refractivity contribution in [3.8, 4) is 5.75 Å². The molecule has 0 heterocycles. The molecule has 0 atom stereocenters. The van der Waals surface area contributed by atoms with Gasteiger partial charge in [0.2, 0.25) is 0 Å². The summed E-state index contributed by atoms with van der Waals surface area (Å²) < 4.78 is 0. The maximum absolute atomic E-state index is 12.4. The summed E-state index contributed by atoms with van der Waals surface area (Å²) in [4.78, 5) is 12.4. The molecule has 1 fully saturated rings. The summed E-state index contributed by atoms with van der Waals surface area (Å²) in [5.41, 5.74) is 5.96. The van der Waals surface area contributed by atoms with Gasteiger partial charge in [-0.2, -0.15) is 0 Å². The molecule has 1 aromatic carbocycles.